The summed E-state index contributed by atoms with van der Waals surface area (Å²) in [5.41, 5.74) is -4.90. The molecule has 0 aliphatic carbocycles. The van der Waals surface area contributed by atoms with Crippen LogP contribution in [0, 0.1) is 6.92 Å². The Bertz CT molecular complexity index is 1160. The molecule has 8 nitrogen and oxygen atoms in total. The van der Waals surface area contributed by atoms with Gasteiger partial charge in [-0.25, -0.2) is 0 Å². The van der Waals surface area contributed by atoms with Crippen LogP contribution in [0.1, 0.15) is 21.6 Å². The van der Waals surface area contributed by atoms with Gasteiger partial charge in [0.2, 0.25) is 0 Å². The summed E-state index contributed by atoms with van der Waals surface area (Å²) in [6.07, 6.45) is -4.84. The van der Waals surface area contributed by atoms with Crippen LogP contribution in [0.15, 0.2) is 33.9 Å². The van der Waals surface area contributed by atoms with E-state index in [9.17, 15) is 27.6 Å². The van der Waals surface area contributed by atoms with Gasteiger partial charge in [0.05, 0.1) is 12.7 Å². The van der Waals surface area contributed by atoms with Crippen LogP contribution in [0.5, 0.6) is 5.75 Å². The fourth-order valence-corrected chi connectivity index (χ4v) is 2.60. The predicted octanol–water partition coefficient (Wildman–Crippen LogP) is 1.90. The number of aromatic nitrogens is 3. The van der Waals surface area contributed by atoms with Crippen LogP contribution in [0.4, 0.5) is 18.9 Å². The Morgan fingerprint density at radius 2 is 1.89 bits per heavy atom. The Hall–Kier alpha value is -3.50. The maximum Gasteiger partial charge on any atom is 0.431 e. The lowest BCUT2D eigenvalue weighted by Gasteiger charge is -2.11. The first-order valence-corrected chi connectivity index (χ1v) is 7.54. The monoisotopic (exact) mass is 382 g/mol. The second-order valence-corrected chi connectivity index (χ2v) is 5.58. The van der Waals surface area contributed by atoms with Crippen molar-refractivity contribution in [3.8, 4) is 5.75 Å². The number of hydrogen-bond donors (Lipinski definition) is 3. The highest BCUT2D eigenvalue weighted by atomic mass is 19.4. The number of nitrogens with one attached hydrogen (secondary N) is 3. The Kier molecular flexibility index (Phi) is 4.30. The molecule has 0 fully saturated rings. The van der Waals surface area contributed by atoms with Crippen LogP contribution in [0.3, 0.4) is 0 Å². The van der Waals surface area contributed by atoms with E-state index in [0.29, 0.717) is 4.52 Å². The summed E-state index contributed by atoms with van der Waals surface area (Å²) >= 11 is 0. The van der Waals surface area contributed by atoms with Gasteiger partial charge in [-0.3, -0.25) is 19.5 Å². The molecule has 0 radical (unpaired) electrons. The number of methoxy groups -OCH3 is 1. The second kappa shape index (κ2) is 6.34. The summed E-state index contributed by atoms with van der Waals surface area (Å²) in [5.74, 6) is -0.587. The van der Waals surface area contributed by atoms with Gasteiger partial charge >= 0.3 is 6.18 Å². The van der Waals surface area contributed by atoms with Crippen molar-refractivity contribution in [1.29, 1.82) is 0 Å². The molecule has 0 atom stereocenters. The number of carbonyl (C=O) groups is 1. The molecule has 0 aliphatic rings. The predicted molar refractivity (Wildman–Crippen MR) is 89.3 cm³/mol. The second-order valence-electron chi connectivity index (χ2n) is 5.58. The van der Waals surface area contributed by atoms with E-state index in [1.165, 1.54) is 19.2 Å². The molecule has 1 aromatic carbocycles. The smallest absolute Gasteiger partial charge is 0.431 e. The highest BCUT2D eigenvalue weighted by Gasteiger charge is 2.36. The van der Waals surface area contributed by atoms with Crippen molar-refractivity contribution in [1.82, 2.24) is 14.6 Å². The molecule has 2 aromatic heterocycles. The Morgan fingerprint density at radius 1 is 1.22 bits per heavy atom. The van der Waals surface area contributed by atoms with E-state index < -0.39 is 45.8 Å². The van der Waals surface area contributed by atoms with Crippen molar-refractivity contribution in [2.45, 2.75) is 13.1 Å². The summed E-state index contributed by atoms with van der Waals surface area (Å²) in [4.78, 5) is 38.7. The van der Waals surface area contributed by atoms with E-state index >= 15 is 0 Å². The van der Waals surface area contributed by atoms with Gasteiger partial charge in [0.1, 0.15) is 11.4 Å². The zero-order valence-electron chi connectivity index (χ0n) is 14.0. The van der Waals surface area contributed by atoms with Gasteiger partial charge in [-0.15, -0.1) is 0 Å². The normalized spacial score (nSPS) is 11.6. The first-order valence-electron chi connectivity index (χ1n) is 7.54. The van der Waals surface area contributed by atoms with Gasteiger partial charge in [-0.1, -0.05) is 12.1 Å². The van der Waals surface area contributed by atoms with E-state index in [2.05, 4.69) is 10.4 Å². The maximum atomic E-state index is 13.1. The van der Waals surface area contributed by atoms with Gasteiger partial charge in [0.25, 0.3) is 17.0 Å². The third kappa shape index (κ3) is 3.07. The van der Waals surface area contributed by atoms with Gasteiger partial charge in [0, 0.05) is 5.56 Å². The third-order valence-electron chi connectivity index (χ3n) is 3.92. The molecule has 0 aliphatic heterocycles. The number of amides is 1. The molecular formula is C16H13F3N4O4. The van der Waals surface area contributed by atoms with Crippen molar-refractivity contribution in [3.05, 3.63) is 61.8 Å². The average Bonchev–Trinajstić information content (AvgIpc) is 2.93. The van der Waals surface area contributed by atoms with Crippen LogP contribution in [0.25, 0.3) is 5.65 Å². The van der Waals surface area contributed by atoms with E-state index in [1.54, 1.807) is 12.1 Å². The summed E-state index contributed by atoms with van der Waals surface area (Å²) in [7, 11) is 1.34. The number of aromatic amines is 2. The lowest BCUT2D eigenvalue weighted by molar-refractivity contribution is -0.141. The molecule has 27 heavy (non-hydrogen) atoms. The van der Waals surface area contributed by atoms with Gasteiger partial charge in [0.15, 0.2) is 11.3 Å². The zero-order chi connectivity index (χ0) is 19.9. The van der Waals surface area contributed by atoms with Crippen molar-refractivity contribution in [2.75, 3.05) is 12.4 Å². The van der Waals surface area contributed by atoms with Crippen LogP contribution in [-0.2, 0) is 6.18 Å². The molecule has 1 amide bonds. The molecule has 0 bridgehead atoms. The fourth-order valence-electron chi connectivity index (χ4n) is 2.60. The van der Waals surface area contributed by atoms with Crippen molar-refractivity contribution in [3.63, 3.8) is 0 Å². The van der Waals surface area contributed by atoms with Crippen LogP contribution in [-0.4, -0.2) is 27.6 Å². The molecular weight excluding hydrogens is 369 g/mol. The zero-order valence-corrected chi connectivity index (χ0v) is 14.0. The quantitative estimate of drug-likeness (QED) is 0.643. The maximum absolute atomic E-state index is 13.1. The summed E-state index contributed by atoms with van der Waals surface area (Å²) in [5, 5.41) is 4.33. The number of benzene rings is 1. The number of anilines is 1. The molecule has 142 valence electrons. The van der Waals surface area contributed by atoms with Crippen molar-refractivity contribution in [2.24, 2.45) is 0 Å². The van der Waals surface area contributed by atoms with Gasteiger partial charge in [-0.2, -0.15) is 17.7 Å². The SMILES string of the molecule is COc1ccccc1C(=O)Nc1c(=O)[nH]n2c(=O)c(C)c(C(F)(F)F)[nH]c12. The number of hydrogen-bond acceptors (Lipinski definition) is 4. The first kappa shape index (κ1) is 18.3. The number of para-hydroxylation sites is 1. The first-order chi connectivity index (χ1) is 12.6. The van der Waals surface area contributed by atoms with Crippen molar-refractivity contribution >= 4 is 17.2 Å². The van der Waals surface area contributed by atoms with Crippen LogP contribution < -0.4 is 21.2 Å². The Morgan fingerprint density at radius 3 is 2.52 bits per heavy atom. The highest BCUT2D eigenvalue weighted by molar-refractivity contribution is 6.07. The number of nitrogens with zero attached hydrogens (tertiary/aromatic N) is 1. The minimum atomic E-state index is -4.84. The van der Waals surface area contributed by atoms with E-state index in [0.717, 1.165) is 6.92 Å². The Balaban J connectivity index is 2.17. The van der Waals surface area contributed by atoms with E-state index in [1.807, 2.05) is 4.98 Å². The molecule has 0 unspecified atom stereocenters. The molecule has 0 saturated carbocycles. The number of carbonyl (C=O) groups excluding carboxylic acids is 1. The average molecular weight is 382 g/mol. The van der Waals surface area contributed by atoms with E-state index in [-0.39, 0.29) is 11.3 Å². The minimum absolute atomic E-state index is 0.0595. The molecule has 0 saturated heterocycles. The molecule has 11 heteroatoms. The lowest BCUT2D eigenvalue weighted by Crippen LogP contribution is -2.25. The summed E-state index contributed by atoms with van der Waals surface area (Å²) in [6.45, 7) is 0.979. The number of fused-ring (bicyclic) bond motifs is 1. The minimum Gasteiger partial charge on any atom is -0.496 e. The summed E-state index contributed by atoms with van der Waals surface area (Å²) < 4.78 is 45.1. The highest BCUT2D eigenvalue weighted by Crippen LogP contribution is 2.29. The molecule has 3 rings (SSSR count). The number of alkyl halides is 3. The Labute approximate surface area is 148 Å². The van der Waals surface area contributed by atoms with Gasteiger partial charge in [-0.05, 0) is 19.1 Å². The largest absolute Gasteiger partial charge is 0.496 e. The number of halogens is 3. The van der Waals surface area contributed by atoms with Crippen LogP contribution in [0.2, 0.25) is 0 Å². The molecule has 0 spiro atoms. The fraction of sp³-hybridized carbons (Fsp3) is 0.188. The molecule has 2 heterocycles. The van der Waals surface area contributed by atoms with E-state index in [4.69, 9.17) is 4.74 Å². The molecule has 3 aromatic rings. The number of rotatable bonds is 3. The van der Waals surface area contributed by atoms with Crippen LogP contribution >= 0.6 is 0 Å². The number of ether oxygens (including phenoxy) is 1. The lowest BCUT2D eigenvalue weighted by atomic mass is 10.2. The topological polar surface area (TPSA) is 108 Å². The molecule has 3 N–H and O–H groups in total. The standard InChI is InChI=1S/C16H13F3N4O4/c1-7-11(16(17,18)19)21-12-10(14(25)22-23(12)15(7)26)20-13(24)8-5-3-4-6-9(8)27-2/h3-6,21H,1-2H3,(H,20,24)(H,22,25). The van der Waals surface area contributed by atoms with Gasteiger partial charge < -0.3 is 15.0 Å². The summed E-state index contributed by atoms with van der Waals surface area (Å²) in [6, 6.07) is 6.08. The number of H-pyrrole nitrogens is 2. The van der Waals surface area contributed by atoms with Crippen molar-refractivity contribution < 1.29 is 22.7 Å². The third-order valence-corrected chi connectivity index (χ3v) is 3.92.